The van der Waals surface area contributed by atoms with Crippen LogP contribution < -0.4 is 0 Å². The van der Waals surface area contributed by atoms with Gasteiger partial charge in [0.15, 0.2) is 0 Å². The molecule has 1 heterocycles. The fourth-order valence-corrected chi connectivity index (χ4v) is 2.75. The minimum absolute atomic E-state index is 0.00171. The molecule has 2 rings (SSSR count). The van der Waals surface area contributed by atoms with Crippen molar-refractivity contribution in [2.45, 2.75) is 50.6 Å². The molecule has 1 saturated heterocycles. The highest BCUT2D eigenvalue weighted by molar-refractivity contribution is 4.96. The summed E-state index contributed by atoms with van der Waals surface area (Å²) in [7, 11) is 0. The van der Waals surface area contributed by atoms with E-state index in [1.165, 1.54) is 38.5 Å². The Morgan fingerprint density at radius 3 is 2.53 bits per heavy atom. The largest absolute Gasteiger partial charge is 0.377 e. The fraction of sp³-hybridized carbons (Fsp3) is 0.917. The number of ether oxygens (including phenoxy) is 1. The molecule has 2 aliphatic rings. The first-order chi connectivity index (χ1) is 7.42. The van der Waals surface area contributed by atoms with E-state index in [4.69, 9.17) is 10.00 Å². The van der Waals surface area contributed by atoms with Crippen LogP contribution in [-0.2, 0) is 4.74 Å². The van der Waals surface area contributed by atoms with Crippen LogP contribution in [0.1, 0.15) is 38.5 Å². The van der Waals surface area contributed by atoms with Crippen LogP contribution in [0.4, 0.5) is 0 Å². The van der Waals surface area contributed by atoms with E-state index >= 15 is 0 Å². The molecule has 0 spiro atoms. The molecular formula is C12H20N2O. The number of hydrogen-bond donors (Lipinski definition) is 0. The highest BCUT2D eigenvalue weighted by atomic mass is 16.5. The molecule has 0 bridgehead atoms. The van der Waals surface area contributed by atoms with Gasteiger partial charge in [-0.25, -0.2) is 0 Å². The molecule has 2 fully saturated rings. The summed E-state index contributed by atoms with van der Waals surface area (Å²) in [6.45, 7) is 2.35. The third-order valence-corrected chi connectivity index (χ3v) is 3.61. The van der Waals surface area contributed by atoms with E-state index in [0.29, 0.717) is 12.6 Å². The second-order valence-electron chi connectivity index (χ2n) is 4.60. The van der Waals surface area contributed by atoms with Gasteiger partial charge in [0.05, 0.1) is 19.3 Å². The Kier molecular flexibility index (Phi) is 3.99. The van der Waals surface area contributed by atoms with E-state index in [2.05, 4.69) is 11.0 Å². The molecule has 15 heavy (non-hydrogen) atoms. The third-order valence-electron chi connectivity index (χ3n) is 3.61. The maximum absolute atomic E-state index is 9.09. The van der Waals surface area contributed by atoms with Crippen molar-refractivity contribution in [3.8, 4) is 6.07 Å². The summed E-state index contributed by atoms with van der Waals surface area (Å²) in [5, 5.41) is 9.09. The predicted octanol–water partition coefficient (Wildman–Crippen LogP) is 1.93. The van der Waals surface area contributed by atoms with E-state index in [9.17, 15) is 0 Å². The third kappa shape index (κ3) is 2.70. The van der Waals surface area contributed by atoms with Gasteiger partial charge < -0.3 is 4.74 Å². The zero-order valence-electron chi connectivity index (χ0n) is 9.32. The number of morpholine rings is 1. The van der Waals surface area contributed by atoms with Gasteiger partial charge in [0.25, 0.3) is 0 Å². The first kappa shape index (κ1) is 10.9. The van der Waals surface area contributed by atoms with Gasteiger partial charge >= 0.3 is 0 Å². The lowest BCUT2D eigenvalue weighted by molar-refractivity contribution is -0.0118. The van der Waals surface area contributed by atoms with Gasteiger partial charge in [0.2, 0.25) is 0 Å². The van der Waals surface area contributed by atoms with Gasteiger partial charge in [-0.3, -0.25) is 4.90 Å². The molecule has 1 aliphatic heterocycles. The van der Waals surface area contributed by atoms with Crippen LogP contribution in [0, 0.1) is 11.3 Å². The van der Waals surface area contributed by atoms with Crippen LogP contribution in [0.3, 0.4) is 0 Å². The first-order valence-corrected chi connectivity index (χ1v) is 6.15. The van der Waals surface area contributed by atoms with Crippen molar-refractivity contribution >= 4 is 0 Å². The molecule has 0 aromatic heterocycles. The monoisotopic (exact) mass is 208 g/mol. The van der Waals surface area contributed by atoms with Crippen LogP contribution in [0.5, 0.6) is 0 Å². The number of rotatable bonds is 1. The smallest absolute Gasteiger partial charge is 0.122 e. The van der Waals surface area contributed by atoms with Crippen LogP contribution in [0.2, 0.25) is 0 Å². The predicted molar refractivity (Wildman–Crippen MR) is 58.4 cm³/mol. The molecule has 0 radical (unpaired) electrons. The van der Waals surface area contributed by atoms with Crippen molar-refractivity contribution in [2.75, 3.05) is 19.8 Å². The van der Waals surface area contributed by atoms with E-state index in [1.807, 2.05) is 0 Å². The van der Waals surface area contributed by atoms with Gasteiger partial charge in [-0.15, -0.1) is 0 Å². The normalized spacial score (nSPS) is 30.7. The Bertz CT molecular complexity index is 228. The molecule has 3 nitrogen and oxygen atoms in total. The fourth-order valence-electron chi connectivity index (χ4n) is 2.75. The van der Waals surface area contributed by atoms with Gasteiger partial charge in [0, 0.05) is 12.6 Å². The average molecular weight is 208 g/mol. The van der Waals surface area contributed by atoms with Gasteiger partial charge in [0.1, 0.15) is 6.04 Å². The molecule has 0 N–H and O–H groups in total. The molecule has 0 aromatic carbocycles. The van der Waals surface area contributed by atoms with Crippen molar-refractivity contribution < 1.29 is 4.74 Å². The van der Waals surface area contributed by atoms with Crippen LogP contribution in [-0.4, -0.2) is 36.7 Å². The topological polar surface area (TPSA) is 36.3 Å². The first-order valence-electron chi connectivity index (χ1n) is 6.15. The number of nitriles is 1. The van der Waals surface area contributed by atoms with Crippen LogP contribution in [0.15, 0.2) is 0 Å². The summed E-state index contributed by atoms with van der Waals surface area (Å²) in [5.74, 6) is 0. The van der Waals surface area contributed by atoms with E-state index in [-0.39, 0.29) is 6.04 Å². The molecule has 1 aliphatic carbocycles. The zero-order valence-corrected chi connectivity index (χ0v) is 9.32. The summed E-state index contributed by atoms with van der Waals surface area (Å²) >= 11 is 0. The highest BCUT2D eigenvalue weighted by Gasteiger charge is 2.29. The highest BCUT2D eigenvalue weighted by Crippen LogP contribution is 2.24. The molecule has 3 heteroatoms. The van der Waals surface area contributed by atoms with Crippen LogP contribution >= 0.6 is 0 Å². The summed E-state index contributed by atoms with van der Waals surface area (Å²) < 4.78 is 5.36. The maximum atomic E-state index is 9.09. The van der Waals surface area contributed by atoms with Crippen molar-refractivity contribution in [1.29, 1.82) is 5.26 Å². The molecule has 1 unspecified atom stereocenters. The van der Waals surface area contributed by atoms with Crippen molar-refractivity contribution in [1.82, 2.24) is 4.90 Å². The van der Waals surface area contributed by atoms with Crippen LogP contribution in [0.25, 0.3) is 0 Å². The summed E-state index contributed by atoms with van der Waals surface area (Å²) in [6, 6.07) is 3.01. The SMILES string of the molecule is N#CC1COCCN1C1CCCCCC1. The van der Waals surface area contributed by atoms with Gasteiger partial charge in [-0.2, -0.15) is 5.26 Å². The zero-order chi connectivity index (χ0) is 10.5. The molecule has 1 atom stereocenters. The van der Waals surface area contributed by atoms with E-state index < -0.39 is 0 Å². The number of nitrogens with zero attached hydrogens (tertiary/aromatic N) is 2. The lowest BCUT2D eigenvalue weighted by Crippen LogP contribution is -2.49. The minimum Gasteiger partial charge on any atom is -0.377 e. The molecule has 84 valence electrons. The Labute approximate surface area is 92.0 Å². The summed E-state index contributed by atoms with van der Waals surface area (Å²) in [4.78, 5) is 2.38. The lowest BCUT2D eigenvalue weighted by Gasteiger charge is -2.37. The Balaban J connectivity index is 1.96. The molecular weight excluding hydrogens is 188 g/mol. The second-order valence-corrected chi connectivity index (χ2v) is 4.60. The molecule has 0 amide bonds. The van der Waals surface area contributed by atoms with Gasteiger partial charge in [-0.05, 0) is 12.8 Å². The minimum atomic E-state index is 0.00171. The average Bonchev–Trinajstić information content (AvgIpc) is 2.57. The van der Waals surface area contributed by atoms with Crippen molar-refractivity contribution in [2.24, 2.45) is 0 Å². The second kappa shape index (κ2) is 5.48. The van der Waals surface area contributed by atoms with E-state index in [0.717, 1.165) is 13.2 Å². The molecule has 1 saturated carbocycles. The number of hydrogen-bond acceptors (Lipinski definition) is 3. The Morgan fingerprint density at radius 2 is 1.87 bits per heavy atom. The van der Waals surface area contributed by atoms with Crippen molar-refractivity contribution in [3.63, 3.8) is 0 Å². The Morgan fingerprint density at radius 1 is 1.13 bits per heavy atom. The maximum Gasteiger partial charge on any atom is 0.122 e. The molecule has 0 aromatic rings. The summed E-state index contributed by atoms with van der Waals surface area (Å²) in [6.07, 6.45) is 7.97. The quantitative estimate of drug-likeness (QED) is 0.618. The lowest BCUT2D eigenvalue weighted by atomic mass is 10.0. The van der Waals surface area contributed by atoms with E-state index in [1.54, 1.807) is 0 Å². The van der Waals surface area contributed by atoms with Gasteiger partial charge in [-0.1, -0.05) is 25.7 Å². The summed E-state index contributed by atoms with van der Waals surface area (Å²) in [5.41, 5.74) is 0. The standard InChI is InChI=1S/C12H20N2O/c13-9-12-10-15-8-7-14(12)11-5-3-1-2-4-6-11/h11-12H,1-8,10H2. The van der Waals surface area contributed by atoms with Crippen molar-refractivity contribution in [3.05, 3.63) is 0 Å². The Hall–Kier alpha value is -0.590.